The van der Waals surface area contributed by atoms with Gasteiger partial charge in [0.25, 0.3) is 0 Å². The van der Waals surface area contributed by atoms with Gasteiger partial charge in [0.15, 0.2) is 0 Å². The zero-order valence-electron chi connectivity index (χ0n) is 5.38. The summed E-state index contributed by atoms with van der Waals surface area (Å²) >= 11 is 3.96. The van der Waals surface area contributed by atoms with E-state index in [1.165, 1.54) is 18.6 Å². The van der Waals surface area contributed by atoms with Gasteiger partial charge in [0, 0.05) is 5.71 Å². The van der Waals surface area contributed by atoms with Crippen LogP contribution in [-0.2, 0) is 0 Å². The Morgan fingerprint density at radius 1 is 1.44 bits per heavy atom. The van der Waals surface area contributed by atoms with Crippen molar-refractivity contribution in [3.05, 3.63) is 0 Å². The van der Waals surface area contributed by atoms with Gasteiger partial charge in [-0.05, 0) is 25.7 Å². The molecule has 1 fully saturated rings. The Hall–Kier alpha value is -0.0200. The summed E-state index contributed by atoms with van der Waals surface area (Å²) in [5.41, 5.74) is 6.30. The Morgan fingerprint density at radius 2 is 2.00 bits per heavy atom. The standard InChI is InChI=1S/C6H12N2S/c7-6(9)8-5-3-1-2-4-5/h6,9H,1-4,7H2. The molecule has 2 nitrogen and oxygen atoms in total. The van der Waals surface area contributed by atoms with Crippen LogP contribution in [0.3, 0.4) is 0 Å². The quantitative estimate of drug-likeness (QED) is 0.421. The van der Waals surface area contributed by atoms with E-state index >= 15 is 0 Å². The molecule has 0 aromatic heterocycles. The fourth-order valence-electron chi connectivity index (χ4n) is 1.10. The number of hydrogen-bond donors (Lipinski definition) is 2. The van der Waals surface area contributed by atoms with Crippen molar-refractivity contribution in [3.8, 4) is 0 Å². The molecule has 0 aromatic rings. The summed E-state index contributed by atoms with van der Waals surface area (Å²) in [6.45, 7) is 0. The Kier molecular flexibility index (Phi) is 2.54. The maximum absolute atomic E-state index is 5.35. The topological polar surface area (TPSA) is 38.4 Å². The van der Waals surface area contributed by atoms with Crippen molar-refractivity contribution in [1.82, 2.24) is 0 Å². The molecule has 3 heteroatoms. The first kappa shape index (κ1) is 7.09. The second-order valence-corrected chi connectivity index (χ2v) is 2.85. The van der Waals surface area contributed by atoms with Crippen LogP contribution in [0.5, 0.6) is 0 Å². The zero-order valence-corrected chi connectivity index (χ0v) is 6.27. The molecular formula is C6H12N2S. The van der Waals surface area contributed by atoms with Crippen LogP contribution in [0, 0.1) is 0 Å². The molecule has 1 aliphatic rings. The van der Waals surface area contributed by atoms with Crippen molar-refractivity contribution >= 4 is 18.3 Å². The van der Waals surface area contributed by atoms with Gasteiger partial charge in [0.2, 0.25) is 0 Å². The largest absolute Gasteiger partial charge is 0.301 e. The summed E-state index contributed by atoms with van der Waals surface area (Å²) in [5, 5.41) is 0. The lowest BCUT2D eigenvalue weighted by Crippen LogP contribution is -2.10. The van der Waals surface area contributed by atoms with Gasteiger partial charge in [-0.3, -0.25) is 4.99 Å². The lowest BCUT2D eigenvalue weighted by atomic mass is 10.3. The minimum absolute atomic E-state index is 0.293. The monoisotopic (exact) mass is 144 g/mol. The van der Waals surface area contributed by atoms with Crippen molar-refractivity contribution in [3.63, 3.8) is 0 Å². The maximum atomic E-state index is 5.35. The van der Waals surface area contributed by atoms with Crippen molar-refractivity contribution in [2.24, 2.45) is 10.7 Å². The van der Waals surface area contributed by atoms with Gasteiger partial charge in [-0.15, -0.1) is 12.6 Å². The molecule has 1 saturated carbocycles. The van der Waals surface area contributed by atoms with Crippen LogP contribution < -0.4 is 5.73 Å². The van der Waals surface area contributed by atoms with Crippen LogP contribution in [0.25, 0.3) is 0 Å². The van der Waals surface area contributed by atoms with Gasteiger partial charge in [-0.2, -0.15) is 0 Å². The number of nitrogens with zero attached hydrogens (tertiary/aromatic N) is 1. The molecule has 0 spiro atoms. The third-order valence-corrected chi connectivity index (χ3v) is 1.61. The molecule has 1 unspecified atom stereocenters. The molecule has 0 bridgehead atoms. The highest BCUT2D eigenvalue weighted by molar-refractivity contribution is 7.80. The first-order chi connectivity index (χ1) is 4.29. The molecule has 0 radical (unpaired) electrons. The Bertz CT molecular complexity index is 112. The van der Waals surface area contributed by atoms with Crippen molar-refractivity contribution in [2.45, 2.75) is 31.2 Å². The van der Waals surface area contributed by atoms with Crippen LogP contribution in [0.4, 0.5) is 0 Å². The van der Waals surface area contributed by atoms with Crippen LogP contribution in [0.1, 0.15) is 25.7 Å². The van der Waals surface area contributed by atoms with E-state index in [-0.39, 0.29) is 5.50 Å². The van der Waals surface area contributed by atoms with Crippen molar-refractivity contribution in [2.75, 3.05) is 0 Å². The van der Waals surface area contributed by atoms with E-state index in [0.29, 0.717) is 0 Å². The summed E-state index contributed by atoms with van der Waals surface area (Å²) in [7, 11) is 0. The minimum Gasteiger partial charge on any atom is -0.301 e. The van der Waals surface area contributed by atoms with Gasteiger partial charge >= 0.3 is 0 Å². The van der Waals surface area contributed by atoms with Crippen molar-refractivity contribution < 1.29 is 0 Å². The molecule has 1 aliphatic carbocycles. The Balaban J connectivity index is 2.39. The number of aliphatic imine (C=N–C) groups is 1. The predicted molar refractivity (Wildman–Crippen MR) is 42.9 cm³/mol. The number of hydrogen-bond acceptors (Lipinski definition) is 3. The second-order valence-electron chi connectivity index (χ2n) is 2.32. The average Bonchev–Trinajstić information content (AvgIpc) is 2.15. The predicted octanol–water partition coefficient (Wildman–Crippen LogP) is 1.17. The fraction of sp³-hybridized carbons (Fsp3) is 0.833. The third kappa shape index (κ3) is 2.37. The normalized spacial score (nSPS) is 22.2. The molecular weight excluding hydrogens is 132 g/mol. The SMILES string of the molecule is NC(S)N=C1CCCC1. The lowest BCUT2D eigenvalue weighted by Gasteiger charge is -1.97. The molecule has 0 aliphatic heterocycles. The van der Waals surface area contributed by atoms with Gasteiger partial charge in [0.05, 0.1) is 0 Å². The van der Waals surface area contributed by atoms with E-state index in [9.17, 15) is 0 Å². The van der Waals surface area contributed by atoms with Gasteiger partial charge in [-0.1, -0.05) is 0 Å². The number of rotatable bonds is 1. The van der Waals surface area contributed by atoms with Crippen LogP contribution >= 0.6 is 12.6 Å². The first-order valence-corrected chi connectivity index (χ1v) is 3.80. The molecule has 2 N–H and O–H groups in total. The summed E-state index contributed by atoms with van der Waals surface area (Å²) in [6.07, 6.45) is 4.82. The first-order valence-electron chi connectivity index (χ1n) is 3.28. The Morgan fingerprint density at radius 3 is 2.44 bits per heavy atom. The highest BCUT2D eigenvalue weighted by atomic mass is 32.1. The number of thiol groups is 1. The van der Waals surface area contributed by atoms with Gasteiger partial charge < -0.3 is 5.73 Å². The minimum atomic E-state index is -0.293. The molecule has 0 aromatic carbocycles. The van der Waals surface area contributed by atoms with E-state index < -0.39 is 0 Å². The van der Waals surface area contributed by atoms with E-state index in [1.807, 2.05) is 0 Å². The number of nitrogens with two attached hydrogens (primary N) is 1. The van der Waals surface area contributed by atoms with Gasteiger partial charge in [-0.25, -0.2) is 0 Å². The zero-order chi connectivity index (χ0) is 6.69. The summed E-state index contributed by atoms with van der Waals surface area (Å²) < 4.78 is 0. The van der Waals surface area contributed by atoms with E-state index in [1.54, 1.807) is 0 Å². The average molecular weight is 144 g/mol. The summed E-state index contributed by atoms with van der Waals surface area (Å²) in [6, 6.07) is 0. The molecule has 52 valence electrons. The van der Waals surface area contributed by atoms with Crippen LogP contribution in [0.2, 0.25) is 0 Å². The second kappa shape index (κ2) is 3.22. The molecule has 0 amide bonds. The lowest BCUT2D eigenvalue weighted by molar-refractivity contribution is 0.886. The summed E-state index contributed by atoms with van der Waals surface area (Å²) in [5.74, 6) is 0. The fourth-order valence-corrected chi connectivity index (χ4v) is 1.26. The van der Waals surface area contributed by atoms with Gasteiger partial charge in [0.1, 0.15) is 5.50 Å². The molecule has 1 atom stereocenters. The highest BCUT2D eigenvalue weighted by Crippen LogP contribution is 2.15. The van der Waals surface area contributed by atoms with Crippen LogP contribution in [0.15, 0.2) is 4.99 Å². The van der Waals surface area contributed by atoms with Crippen LogP contribution in [-0.4, -0.2) is 11.2 Å². The highest BCUT2D eigenvalue weighted by Gasteiger charge is 2.07. The van der Waals surface area contributed by atoms with E-state index in [2.05, 4.69) is 17.6 Å². The summed E-state index contributed by atoms with van der Waals surface area (Å²) in [4.78, 5) is 4.14. The maximum Gasteiger partial charge on any atom is 0.141 e. The third-order valence-electron chi connectivity index (χ3n) is 1.50. The molecule has 1 rings (SSSR count). The smallest absolute Gasteiger partial charge is 0.141 e. The van der Waals surface area contributed by atoms with Crippen molar-refractivity contribution in [1.29, 1.82) is 0 Å². The van der Waals surface area contributed by atoms with E-state index in [0.717, 1.165) is 12.8 Å². The molecule has 9 heavy (non-hydrogen) atoms. The molecule has 0 saturated heterocycles. The Labute approximate surface area is 60.9 Å². The molecule has 0 heterocycles. The van der Waals surface area contributed by atoms with E-state index in [4.69, 9.17) is 5.73 Å².